The fourth-order valence-corrected chi connectivity index (χ4v) is 5.93. The second kappa shape index (κ2) is 33.9. The minimum absolute atomic E-state index is 0.00462. The van der Waals surface area contributed by atoms with E-state index in [0.29, 0.717) is 32.2 Å². The van der Waals surface area contributed by atoms with Gasteiger partial charge in [0.05, 0.1) is 19.3 Å². The van der Waals surface area contributed by atoms with Gasteiger partial charge in [-0.3, -0.25) is 53.1 Å². The smallest absolute Gasteiger partial charge is 0.245 e. The molecule has 0 heterocycles. The molecule has 0 bridgehead atoms. The van der Waals surface area contributed by atoms with Crippen LogP contribution in [0.4, 0.5) is 0 Å². The maximum Gasteiger partial charge on any atom is 0.245 e. The van der Waals surface area contributed by atoms with Gasteiger partial charge in [0, 0.05) is 13.1 Å². The van der Waals surface area contributed by atoms with Gasteiger partial charge in [-0.15, -0.1) is 0 Å². The van der Waals surface area contributed by atoms with E-state index in [9.17, 15) is 53.4 Å². The summed E-state index contributed by atoms with van der Waals surface area (Å²) in [6.07, 6.45) is 1.04. The van der Waals surface area contributed by atoms with Gasteiger partial charge in [-0.1, -0.05) is 0 Å². The van der Waals surface area contributed by atoms with Crippen molar-refractivity contribution in [3.05, 3.63) is 0 Å². The van der Waals surface area contributed by atoms with Gasteiger partial charge in [-0.05, 0) is 98.1 Å². The molecule has 0 aliphatic rings. The molecular weight excluding hydrogens is 897 g/mol. The third-order valence-electron chi connectivity index (χ3n) is 9.93. The van der Waals surface area contributed by atoms with Crippen molar-refractivity contribution in [1.82, 2.24) is 42.5 Å². The Labute approximate surface area is 395 Å². The molecule has 388 valence electrons. The summed E-state index contributed by atoms with van der Waals surface area (Å²) >= 11 is 0. The van der Waals surface area contributed by atoms with Gasteiger partial charge in [0.25, 0.3) is 0 Å². The van der Waals surface area contributed by atoms with Gasteiger partial charge in [-0.25, -0.2) is 0 Å². The molecule has 0 aromatic heterocycles. The third-order valence-corrected chi connectivity index (χ3v) is 9.93. The van der Waals surface area contributed by atoms with Gasteiger partial charge in [0.1, 0.15) is 48.3 Å². The molecule has 0 aromatic rings. The fraction of sp³-hybridized carbons (Fsp3) is 0.718. The van der Waals surface area contributed by atoms with Crippen molar-refractivity contribution in [1.29, 1.82) is 0 Å². The zero-order valence-corrected chi connectivity index (χ0v) is 39.1. The molecule has 0 saturated carbocycles. The maximum atomic E-state index is 13.8. The van der Waals surface area contributed by atoms with Crippen LogP contribution in [-0.2, 0) is 43.2 Å². The number of nitrogens with two attached hydrogens (primary N) is 8. The molecule has 9 amide bonds. The zero-order chi connectivity index (χ0) is 51.9. The Morgan fingerprint density at radius 2 is 0.853 bits per heavy atom. The average Bonchev–Trinajstić information content (AvgIpc) is 3.27. The van der Waals surface area contributed by atoms with Crippen LogP contribution in [0.3, 0.4) is 0 Å². The first-order chi connectivity index (χ1) is 32.0. The number of aliphatic hydroxyl groups is 2. The Kier molecular flexibility index (Phi) is 30.7. The monoisotopic (exact) mass is 973 g/mol. The molecule has 29 nitrogen and oxygen atoms in total. The Bertz CT molecular complexity index is 1710. The van der Waals surface area contributed by atoms with E-state index in [4.69, 9.17) is 45.9 Å². The zero-order valence-electron chi connectivity index (χ0n) is 39.1. The van der Waals surface area contributed by atoms with E-state index in [-0.39, 0.29) is 70.1 Å². The first-order valence-electron chi connectivity index (χ1n) is 22.2. The van der Waals surface area contributed by atoms with E-state index in [1.54, 1.807) is 0 Å². The number of unbranched alkanes of at least 4 members (excludes halogenated alkanes) is 2. The van der Waals surface area contributed by atoms with Gasteiger partial charge in [0.2, 0.25) is 53.2 Å². The van der Waals surface area contributed by atoms with Crippen molar-refractivity contribution < 1.29 is 53.4 Å². The topological polar surface area (TPSA) is 523 Å². The molecule has 26 N–H and O–H groups in total. The molecule has 0 spiro atoms. The van der Waals surface area contributed by atoms with E-state index < -0.39 is 121 Å². The number of nitrogens with zero attached hydrogens (tertiary/aromatic N) is 2. The minimum atomic E-state index is -1.66. The summed E-state index contributed by atoms with van der Waals surface area (Å²) in [7, 11) is 0. The van der Waals surface area contributed by atoms with Gasteiger partial charge >= 0.3 is 0 Å². The number of hydrogen-bond donors (Lipinski definition) is 18. The Balaban J connectivity index is 6.11. The van der Waals surface area contributed by atoms with Gasteiger partial charge in [0.15, 0.2) is 11.9 Å². The largest absolute Gasteiger partial charge is 0.394 e. The molecule has 0 aliphatic carbocycles. The number of aliphatic hydroxyl groups excluding tert-OH is 2. The highest BCUT2D eigenvalue weighted by Crippen LogP contribution is 2.08. The van der Waals surface area contributed by atoms with Crippen LogP contribution >= 0.6 is 0 Å². The molecule has 68 heavy (non-hydrogen) atoms. The lowest BCUT2D eigenvalue weighted by Crippen LogP contribution is -2.60. The van der Waals surface area contributed by atoms with Crippen LogP contribution in [0.1, 0.15) is 85.0 Å². The number of carbonyl (C=O) groups is 9. The SMILES string of the molecule is C[C@H](NC(=O)CNC(=O)[C@@H](N)[C@@H](C)O)C(=O)N[C@@H](CCCN=C(N)N)C(=O)N[C@@H](CCCCN)C(=O)N[C@@H](CO)C(=O)N[C@@H](C)C(=O)N[C@@H](CCCN=C(N)N)C(=O)N[C@@H](CCCCN)C(N)=O. The molecule has 29 heteroatoms. The van der Waals surface area contributed by atoms with Crippen molar-refractivity contribution in [3.8, 4) is 0 Å². The second-order valence-corrected chi connectivity index (χ2v) is 15.9. The van der Waals surface area contributed by atoms with E-state index in [2.05, 4.69) is 52.5 Å². The summed E-state index contributed by atoms with van der Waals surface area (Å²) in [5.74, 6) is -8.11. The number of amides is 9. The highest BCUT2D eigenvalue weighted by Gasteiger charge is 2.32. The summed E-state index contributed by atoms with van der Waals surface area (Å²) in [6.45, 7) is 3.03. The number of rotatable bonds is 35. The quantitative estimate of drug-likeness (QED) is 0.0159. The molecule has 0 rings (SSSR count). The lowest BCUT2D eigenvalue weighted by molar-refractivity contribution is -0.136. The van der Waals surface area contributed by atoms with Crippen LogP contribution in [-0.4, -0.2) is 169 Å². The first kappa shape index (κ1) is 61.6. The lowest BCUT2D eigenvalue weighted by Gasteiger charge is -2.26. The van der Waals surface area contributed by atoms with Crippen molar-refractivity contribution >= 4 is 65.1 Å². The predicted molar refractivity (Wildman–Crippen MR) is 249 cm³/mol. The highest BCUT2D eigenvalue weighted by atomic mass is 16.3. The van der Waals surface area contributed by atoms with Crippen LogP contribution in [0.25, 0.3) is 0 Å². The summed E-state index contributed by atoms with van der Waals surface area (Å²) in [6, 6.07) is -10.6. The number of carbonyl (C=O) groups excluding carboxylic acids is 9. The van der Waals surface area contributed by atoms with Crippen LogP contribution in [0.15, 0.2) is 9.98 Å². The Morgan fingerprint density at radius 1 is 0.485 bits per heavy atom. The van der Waals surface area contributed by atoms with E-state index in [1.807, 2.05) is 0 Å². The number of aliphatic imine (C=N–C) groups is 2. The van der Waals surface area contributed by atoms with E-state index in [1.165, 1.54) is 20.8 Å². The molecule has 0 unspecified atom stereocenters. The van der Waals surface area contributed by atoms with Crippen LogP contribution in [0.2, 0.25) is 0 Å². The number of nitrogens with one attached hydrogen (secondary N) is 8. The van der Waals surface area contributed by atoms with Crippen molar-refractivity contribution in [2.75, 3.05) is 39.3 Å². The number of hydrogen-bond acceptors (Lipinski definition) is 16. The minimum Gasteiger partial charge on any atom is -0.394 e. The summed E-state index contributed by atoms with van der Waals surface area (Å²) < 4.78 is 0. The number of primary amides is 1. The van der Waals surface area contributed by atoms with Crippen molar-refractivity contribution in [2.45, 2.75) is 139 Å². The summed E-state index contributed by atoms with van der Waals surface area (Å²) in [4.78, 5) is 125. The Morgan fingerprint density at radius 3 is 1.25 bits per heavy atom. The van der Waals surface area contributed by atoms with E-state index in [0.717, 1.165) is 0 Å². The maximum absolute atomic E-state index is 13.8. The molecule has 0 aromatic carbocycles. The molecule has 0 aliphatic heterocycles. The summed E-state index contributed by atoms with van der Waals surface area (Å²) in [5, 5.41) is 39.1. The van der Waals surface area contributed by atoms with Crippen molar-refractivity contribution in [3.63, 3.8) is 0 Å². The lowest BCUT2D eigenvalue weighted by atomic mass is 10.1. The van der Waals surface area contributed by atoms with Crippen LogP contribution in [0, 0.1) is 0 Å². The standard InChI is InChI=1S/C39H76N18O11/c1-20(51-28(60)18-50-37(68)29(42)22(3)59)31(62)54-26(13-9-17-49-39(46)47)34(65)56-24(11-5-7-15-41)35(66)57-27(19-58)36(67)52-21(2)32(63)55-25(12-8-16-48-38(44)45)33(64)53-23(30(43)61)10-4-6-14-40/h20-27,29,58-59H,4-19,40-42H2,1-3H3,(H2,43,61)(H,50,68)(H,51,60)(H,52,67)(H,53,64)(H,54,62)(H,55,63)(H,56,65)(H,57,66)(H4,44,45,48)(H4,46,47,49)/t20-,21-,22+,23-,24-,25-,26-,27-,29-/m0/s1. The fourth-order valence-electron chi connectivity index (χ4n) is 5.93. The van der Waals surface area contributed by atoms with Crippen LogP contribution < -0.4 is 88.4 Å². The summed E-state index contributed by atoms with van der Waals surface area (Å²) in [5.41, 5.74) is 43.8. The third kappa shape index (κ3) is 26.0. The normalized spacial score (nSPS) is 14.8. The highest BCUT2D eigenvalue weighted by molar-refractivity contribution is 5.97. The molecule has 0 fully saturated rings. The molecule has 0 saturated heterocycles. The van der Waals surface area contributed by atoms with Gasteiger partial charge < -0.3 is 98.6 Å². The van der Waals surface area contributed by atoms with E-state index >= 15 is 0 Å². The first-order valence-corrected chi connectivity index (χ1v) is 22.2. The number of guanidine groups is 2. The van der Waals surface area contributed by atoms with Gasteiger partial charge in [-0.2, -0.15) is 0 Å². The molecular formula is C39H76N18O11. The average molecular weight is 973 g/mol. The molecule has 0 radical (unpaired) electrons. The van der Waals surface area contributed by atoms with Crippen molar-refractivity contribution in [2.24, 2.45) is 55.9 Å². The second-order valence-electron chi connectivity index (χ2n) is 15.9. The predicted octanol–water partition coefficient (Wildman–Crippen LogP) is -8.91. The Hall–Kier alpha value is -6.43. The molecule has 9 atom stereocenters. The van der Waals surface area contributed by atoms with Crippen LogP contribution in [0.5, 0.6) is 0 Å².